The highest BCUT2D eigenvalue weighted by molar-refractivity contribution is 7.96. The topological polar surface area (TPSA) is 76.4 Å². The van der Waals surface area contributed by atoms with E-state index in [1.807, 2.05) is 0 Å². The SMILES string of the molecule is COc1ccc(S(=O)(=O)C#N)c(OC)c1. The van der Waals surface area contributed by atoms with Crippen molar-refractivity contribution >= 4 is 9.84 Å². The van der Waals surface area contributed by atoms with Crippen LogP contribution in [0.4, 0.5) is 0 Å². The van der Waals surface area contributed by atoms with Crippen LogP contribution in [0.3, 0.4) is 0 Å². The lowest BCUT2D eigenvalue weighted by Crippen LogP contribution is -2.00. The summed E-state index contributed by atoms with van der Waals surface area (Å²) < 4.78 is 32.4. The fourth-order valence-corrected chi connectivity index (χ4v) is 1.80. The smallest absolute Gasteiger partial charge is 0.273 e. The van der Waals surface area contributed by atoms with Gasteiger partial charge in [-0.2, -0.15) is 5.26 Å². The highest BCUT2D eigenvalue weighted by atomic mass is 32.2. The Hall–Kier alpha value is -1.74. The molecule has 0 aromatic heterocycles. The molecule has 0 aliphatic carbocycles. The molecule has 1 aromatic rings. The van der Waals surface area contributed by atoms with Crippen LogP contribution in [-0.4, -0.2) is 22.6 Å². The second kappa shape index (κ2) is 4.19. The third kappa shape index (κ3) is 2.19. The molecule has 0 spiro atoms. The van der Waals surface area contributed by atoms with Crippen molar-refractivity contribution in [3.8, 4) is 16.9 Å². The highest BCUT2D eigenvalue weighted by Crippen LogP contribution is 2.28. The van der Waals surface area contributed by atoms with Gasteiger partial charge in [0.05, 0.1) is 14.2 Å². The molecule has 1 aromatic carbocycles. The molecule has 0 saturated carbocycles. The van der Waals surface area contributed by atoms with E-state index in [-0.39, 0.29) is 10.6 Å². The number of ether oxygens (including phenoxy) is 2. The number of methoxy groups -OCH3 is 2. The summed E-state index contributed by atoms with van der Waals surface area (Å²) in [6.07, 6.45) is 0. The van der Waals surface area contributed by atoms with Crippen molar-refractivity contribution in [3.05, 3.63) is 18.2 Å². The molecular weight excluding hydrogens is 218 g/mol. The molecule has 0 aliphatic heterocycles. The van der Waals surface area contributed by atoms with Crippen molar-refractivity contribution in [2.24, 2.45) is 0 Å². The second-order valence-corrected chi connectivity index (χ2v) is 4.24. The first-order chi connectivity index (χ1) is 7.05. The number of hydrogen-bond acceptors (Lipinski definition) is 5. The predicted molar refractivity (Wildman–Crippen MR) is 52.3 cm³/mol. The van der Waals surface area contributed by atoms with E-state index in [0.717, 1.165) is 0 Å². The zero-order chi connectivity index (χ0) is 11.5. The normalized spacial score (nSPS) is 10.5. The Morgan fingerprint density at radius 1 is 1.27 bits per heavy atom. The highest BCUT2D eigenvalue weighted by Gasteiger charge is 2.19. The maximum atomic E-state index is 11.3. The molecule has 15 heavy (non-hydrogen) atoms. The fraction of sp³-hybridized carbons (Fsp3) is 0.222. The molecule has 0 N–H and O–H groups in total. The Kier molecular flexibility index (Phi) is 3.17. The molecule has 80 valence electrons. The van der Waals surface area contributed by atoms with Crippen LogP contribution >= 0.6 is 0 Å². The molecule has 1 rings (SSSR count). The summed E-state index contributed by atoms with van der Waals surface area (Å²) in [6, 6.07) is 4.13. The number of sulfone groups is 1. The van der Waals surface area contributed by atoms with Crippen LogP contribution in [0.5, 0.6) is 11.5 Å². The van der Waals surface area contributed by atoms with Crippen LogP contribution < -0.4 is 9.47 Å². The lowest BCUT2D eigenvalue weighted by molar-refractivity contribution is 0.386. The number of nitrogens with zero attached hydrogens (tertiary/aromatic N) is 1. The molecule has 0 radical (unpaired) electrons. The zero-order valence-corrected chi connectivity index (χ0v) is 9.04. The summed E-state index contributed by atoms with van der Waals surface area (Å²) in [4.78, 5) is -0.159. The molecule has 5 nitrogen and oxygen atoms in total. The Balaban J connectivity index is 3.40. The Bertz CT molecular complexity index is 501. The van der Waals surface area contributed by atoms with E-state index in [4.69, 9.17) is 14.7 Å². The standard InChI is InChI=1S/C9H9NO4S/c1-13-7-3-4-9(8(5-7)14-2)15(11,12)6-10/h3-5H,1-2H3. The molecule has 0 aliphatic rings. The maximum Gasteiger partial charge on any atom is 0.273 e. The minimum atomic E-state index is -3.94. The van der Waals surface area contributed by atoms with Crippen molar-refractivity contribution in [2.45, 2.75) is 4.90 Å². The van der Waals surface area contributed by atoms with Gasteiger partial charge in [0.2, 0.25) is 0 Å². The van der Waals surface area contributed by atoms with Crippen LogP contribution in [0.15, 0.2) is 23.1 Å². The summed E-state index contributed by atoms with van der Waals surface area (Å²) >= 11 is 0. The van der Waals surface area contributed by atoms with Crippen LogP contribution in [0.2, 0.25) is 0 Å². The summed E-state index contributed by atoms with van der Waals surface area (Å²) in [7, 11) is -1.16. The molecule has 0 atom stereocenters. The van der Waals surface area contributed by atoms with E-state index in [9.17, 15) is 8.42 Å². The average Bonchev–Trinajstić information content (AvgIpc) is 2.28. The molecule has 0 fully saturated rings. The summed E-state index contributed by atoms with van der Waals surface area (Å²) in [6.45, 7) is 0. The van der Waals surface area contributed by atoms with Crippen molar-refractivity contribution in [3.63, 3.8) is 0 Å². The number of hydrogen-bond donors (Lipinski definition) is 0. The molecular formula is C9H9NO4S. The molecule has 0 unspecified atom stereocenters. The van der Waals surface area contributed by atoms with Gasteiger partial charge in [-0.15, -0.1) is 0 Å². The average molecular weight is 227 g/mol. The molecule has 0 bridgehead atoms. The lowest BCUT2D eigenvalue weighted by atomic mass is 10.3. The number of thiocyanates is 1. The Labute approximate surface area is 87.8 Å². The van der Waals surface area contributed by atoms with Gasteiger partial charge in [-0.3, -0.25) is 0 Å². The minimum Gasteiger partial charge on any atom is -0.497 e. The van der Waals surface area contributed by atoms with Gasteiger partial charge in [-0.25, -0.2) is 8.42 Å². The zero-order valence-electron chi connectivity index (χ0n) is 8.22. The maximum absolute atomic E-state index is 11.3. The first kappa shape index (κ1) is 11.3. The van der Waals surface area contributed by atoms with E-state index < -0.39 is 9.84 Å². The Morgan fingerprint density at radius 2 is 1.93 bits per heavy atom. The van der Waals surface area contributed by atoms with E-state index >= 15 is 0 Å². The van der Waals surface area contributed by atoms with E-state index in [0.29, 0.717) is 5.75 Å². The first-order valence-electron chi connectivity index (χ1n) is 3.93. The lowest BCUT2D eigenvalue weighted by Gasteiger charge is -2.07. The molecule has 0 saturated heterocycles. The summed E-state index contributed by atoms with van der Waals surface area (Å²) in [5.74, 6) is 0.555. The van der Waals surface area contributed by atoms with Gasteiger partial charge >= 0.3 is 0 Å². The Morgan fingerprint density at radius 3 is 2.40 bits per heavy atom. The largest absolute Gasteiger partial charge is 0.497 e. The molecule has 6 heteroatoms. The van der Waals surface area contributed by atoms with Gasteiger partial charge in [0, 0.05) is 6.07 Å². The number of nitriles is 1. The van der Waals surface area contributed by atoms with Crippen LogP contribution in [-0.2, 0) is 9.84 Å². The third-order valence-electron chi connectivity index (χ3n) is 1.78. The van der Waals surface area contributed by atoms with Gasteiger partial charge < -0.3 is 9.47 Å². The monoisotopic (exact) mass is 227 g/mol. The predicted octanol–water partition coefficient (Wildman–Crippen LogP) is 0.959. The van der Waals surface area contributed by atoms with E-state index in [2.05, 4.69) is 0 Å². The van der Waals surface area contributed by atoms with Crippen molar-refractivity contribution < 1.29 is 17.9 Å². The molecule has 0 heterocycles. The van der Waals surface area contributed by atoms with Gasteiger partial charge in [0.25, 0.3) is 9.84 Å². The fourth-order valence-electron chi connectivity index (χ4n) is 1.05. The minimum absolute atomic E-state index is 0.0934. The van der Waals surface area contributed by atoms with Gasteiger partial charge in [0.15, 0.2) is 5.40 Å². The van der Waals surface area contributed by atoms with Crippen LogP contribution in [0, 0.1) is 10.7 Å². The van der Waals surface area contributed by atoms with Crippen LogP contribution in [0.1, 0.15) is 0 Å². The van der Waals surface area contributed by atoms with Gasteiger partial charge in [-0.1, -0.05) is 0 Å². The van der Waals surface area contributed by atoms with Gasteiger partial charge in [-0.05, 0) is 12.1 Å². The number of benzene rings is 1. The first-order valence-corrected chi connectivity index (χ1v) is 5.41. The quantitative estimate of drug-likeness (QED) is 0.567. The summed E-state index contributed by atoms with van der Waals surface area (Å²) in [5, 5.41) is 9.69. The van der Waals surface area contributed by atoms with Crippen molar-refractivity contribution in [2.75, 3.05) is 14.2 Å². The van der Waals surface area contributed by atoms with E-state index in [1.54, 1.807) is 0 Å². The molecule has 0 amide bonds. The second-order valence-electron chi connectivity index (χ2n) is 2.61. The van der Waals surface area contributed by atoms with Gasteiger partial charge in [0.1, 0.15) is 16.4 Å². The van der Waals surface area contributed by atoms with Crippen LogP contribution in [0.25, 0.3) is 0 Å². The van der Waals surface area contributed by atoms with E-state index in [1.165, 1.54) is 37.8 Å². The third-order valence-corrected chi connectivity index (χ3v) is 2.94. The van der Waals surface area contributed by atoms with Crippen molar-refractivity contribution in [1.29, 1.82) is 5.26 Å². The van der Waals surface area contributed by atoms with Crippen molar-refractivity contribution in [1.82, 2.24) is 0 Å². The summed E-state index contributed by atoms with van der Waals surface area (Å²) in [5.41, 5.74) is 0. The number of rotatable bonds is 3.